The van der Waals surface area contributed by atoms with E-state index in [9.17, 15) is 19.7 Å². The van der Waals surface area contributed by atoms with E-state index in [2.05, 4.69) is 0 Å². The molecule has 8 heteroatoms. The molecule has 2 amide bonds. The van der Waals surface area contributed by atoms with Crippen LogP contribution >= 0.6 is 0 Å². The third-order valence-electron chi connectivity index (χ3n) is 5.71. The fourth-order valence-corrected chi connectivity index (χ4v) is 4.32. The number of nitrogens with zero attached hydrogens (tertiary/aromatic N) is 3. The van der Waals surface area contributed by atoms with Crippen molar-refractivity contribution in [3.05, 3.63) is 81.5 Å². The van der Waals surface area contributed by atoms with Gasteiger partial charge in [0.15, 0.2) is 0 Å². The van der Waals surface area contributed by atoms with Gasteiger partial charge < -0.3 is 9.64 Å². The van der Waals surface area contributed by atoms with Crippen LogP contribution in [0.5, 0.6) is 0 Å². The van der Waals surface area contributed by atoms with Gasteiger partial charge in [-0.2, -0.15) is 0 Å². The molecule has 2 aromatic carbocycles. The average Bonchev–Trinajstić information content (AvgIpc) is 3.02. The summed E-state index contributed by atoms with van der Waals surface area (Å²) in [6.07, 6.45) is 0.367. The number of benzene rings is 2. The van der Waals surface area contributed by atoms with Crippen LogP contribution in [0.3, 0.4) is 0 Å². The van der Waals surface area contributed by atoms with E-state index in [-0.39, 0.29) is 36.3 Å². The Bertz CT molecular complexity index is 1050. The zero-order valence-electron chi connectivity index (χ0n) is 18.1. The van der Waals surface area contributed by atoms with Gasteiger partial charge >= 0.3 is 0 Å². The molecule has 2 aliphatic rings. The molecule has 2 aromatic rings. The Morgan fingerprint density at radius 1 is 0.969 bits per heavy atom. The molecular formula is C24H25N3O5. The Kier molecular flexibility index (Phi) is 6.05. The Hall–Kier alpha value is -3.52. The predicted molar refractivity (Wildman–Crippen MR) is 118 cm³/mol. The van der Waals surface area contributed by atoms with Crippen LogP contribution in [-0.4, -0.2) is 58.4 Å². The summed E-state index contributed by atoms with van der Waals surface area (Å²) in [6, 6.07) is 15.5. The number of rotatable bonds is 6. The van der Waals surface area contributed by atoms with E-state index in [1.807, 2.05) is 49.1 Å². The van der Waals surface area contributed by atoms with Crippen molar-refractivity contribution in [2.45, 2.75) is 32.5 Å². The van der Waals surface area contributed by atoms with E-state index >= 15 is 0 Å². The van der Waals surface area contributed by atoms with Crippen molar-refractivity contribution in [3.8, 4) is 0 Å². The first kappa shape index (κ1) is 21.7. The molecular weight excluding hydrogens is 410 g/mol. The number of morpholine rings is 1. The van der Waals surface area contributed by atoms with Crippen LogP contribution in [0.15, 0.2) is 60.3 Å². The second-order valence-corrected chi connectivity index (χ2v) is 8.19. The van der Waals surface area contributed by atoms with Crippen molar-refractivity contribution in [1.82, 2.24) is 9.80 Å². The minimum Gasteiger partial charge on any atom is -0.372 e. The lowest BCUT2D eigenvalue weighted by Gasteiger charge is -2.37. The van der Waals surface area contributed by atoms with Crippen LogP contribution in [-0.2, 0) is 20.7 Å². The number of amides is 2. The fraction of sp³-hybridized carbons (Fsp3) is 0.333. The predicted octanol–water partition coefficient (Wildman–Crippen LogP) is 3.03. The molecule has 2 atom stereocenters. The highest BCUT2D eigenvalue weighted by molar-refractivity contribution is 6.35. The summed E-state index contributed by atoms with van der Waals surface area (Å²) in [6.45, 7) is 5.10. The van der Waals surface area contributed by atoms with Crippen LogP contribution in [0, 0.1) is 10.1 Å². The quantitative estimate of drug-likeness (QED) is 0.393. The minimum absolute atomic E-state index is 0.0674. The zero-order valence-corrected chi connectivity index (χ0v) is 18.1. The summed E-state index contributed by atoms with van der Waals surface area (Å²) >= 11 is 0. The summed E-state index contributed by atoms with van der Waals surface area (Å²) in [5, 5.41) is 11.0. The van der Waals surface area contributed by atoms with Gasteiger partial charge in [-0.1, -0.05) is 30.3 Å². The normalized spacial score (nSPS) is 21.4. The lowest BCUT2D eigenvalue weighted by molar-refractivity contribution is -0.384. The number of nitro groups is 1. The summed E-state index contributed by atoms with van der Waals surface area (Å²) in [7, 11) is 0. The van der Waals surface area contributed by atoms with Gasteiger partial charge in [-0.15, -0.1) is 0 Å². The lowest BCUT2D eigenvalue weighted by Crippen LogP contribution is -2.47. The number of ether oxygens (including phenoxy) is 1. The molecule has 0 spiro atoms. The summed E-state index contributed by atoms with van der Waals surface area (Å²) < 4.78 is 5.80. The summed E-state index contributed by atoms with van der Waals surface area (Å²) in [4.78, 5) is 40.6. The fourth-order valence-electron chi connectivity index (χ4n) is 4.32. The number of nitro benzene ring substituents is 1. The van der Waals surface area contributed by atoms with Gasteiger partial charge in [-0.25, -0.2) is 0 Å². The third-order valence-corrected chi connectivity index (χ3v) is 5.71. The van der Waals surface area contributed by atoms with Gasteiger partial charge in [-0.05, 0) is 43.5 Å². The topological polar surface area (TPSA) is 93.0 Å². The van der Waals surface area contributed by atoms with Crippen molar-refractivity contribution >= 4 is 23.1 Å². The number of hydrogen-bond donors (Lipinski definition) is 0. The molecule has 0 saturated carbocycles. The Labute approximate surface area is 186 Å². The SMILES string of the molecule is CC1CN(C2=C(c3ccc([N+](=O)[O-])cc3)C(=O)N(CCc3ccccc3)C2=O)CC(C)O1. The van der Waals surface area contributed by atoms with Crippen molar-refractivity contribution < 1.29 is 19.2 Å². The molecule has 0 bridgehead atoms. The van der Waals surface area contributed by atoms with Crippen LogP contribution in [0.4, 0.5) is 5.69 Å². The Balaban J connectivity index is 1.69. The molecule has 0 aromatic heterocycles. The number of carbonyl (C=O) groups is 2. The van der Waals surface area contributed by atoms with Gasteiger partial charge in [0.05, 0.1) is 22.7 Å². The largest absolute Gasteiger partial charge is 0.372 e. The highest BCUT2D eigenvalue weighted by Crippen LogP contribution is 2.34. The second kappa shape index (κ2) is 8.92. The molecule has 4 rings (SSSR count). The zero-order chi connectivity index (χ0) is 22.8. The molecule has 166 valence electrons. The first-order valence-corrected chi connectivity index (χ1v) is 10.6. The van der Waals surface area contributed by atoms with Gasteiger partial charge in [0.1, 0.15) is 5.70 Å². The highest BCUT2D eigenvalue weighted by atomic mass is 16.6. The molecule has 2 heterocycles. The van der Waals surface area contributed by atoms with Gasteiger partial charge in [-0.3, -0.25) is 24.6 Å². The lowest BCUT2D eigenvalue weighted by atomic mass is 10.0. The van der Waals surface area contributed by atoms with E-state index in [1.165, 1.54) is 29.2 Å². The summed E-state index contributed by atoms with van der Waals surface area (Å²) in [5.41, 5.74) is 2.10. The van der Waals surface area contributed by atoms with Gasteiger partial charge in [0.2, 0.25) is 0 Å². The monoisotopic (exact) mass is 435 g/mol. The maximum atomic E-state index is 13.5. The van der Waals surface area contributed by atoms with E-state index in [0.29, 0.717) is 36.3 Å². The Morgan fingerprint density at radius 2 is 1.59 bits per heavy atom. The maximum absolute atomic E-state index is 13.5. The number of hydrogen-bond acceptors (Lipinski definition) is 6. The minimum atomic E-state index is -0.488. The molecule has 8 nitrogen and oxygen atoms in total. The Morgan fingerprint density at radius 3 is 2.19 bits per heavy atom. The first-order valence-electron chi connectivity index (χ1n) is 10.6. The average molecular weight is 435 g/mol. The van der Waals surface area contributed by atoms with E-state index < -0.39 is 4.92 Å². The summed E-state index contributed by atoms with van der Waals surface area (Å²) in [5.74, 6) is -0.706. The maximum Gasteiger partial charge on any atom is 0.277 e. The van der Waals surface area contributed by atoms with Crippen molar-refractivity contribution in [2.75, 3.05) is 19.6 Å². The van der Waals surface area contributed by atoms with Gasteiger partial charge in [0, 0.05) is 31.8 Å². The van der Waals surface area contributed by atoms with Crippen LogP contribution in [0.1, 0.15) is 25.0 Å². The molecule has 0 aliphatic carbocycles. The molecule has 2 aliphatic heterocycles. The molecule has 0 N–H and O–H groups in total. The van der Waals surface area contributed by atoms with Gasteiger partial charge in [0.25, 0.3) is 17.5 Å². The van der Waals surface area contributed by atoms with Crippen molar-refractivity contribution in [3.63, 3.8) is 0 Å². The van der Waals surface area contributed by atoms with Crippen LogP contribution < -0.4 is 0 Å². The number of carbonyl (C=O) groups excluding carboxylic acids is 2. The third kappa shape index (κ3) is 4.27. The smallest absolute Gasteiger partial charge is 0.277 e. The standard InChI is InChI=1S/C24H25N3O5/c1-16-14-25(15-17(2)32-16)22-21(19-8-10-20(11-9-19)27(30)31)23(28)26(24(22)29)13-12-18-6-4-3-5-7-18/h3-11,16-17H,12-15H2,1-2H3. The van der Waals surface area contributed by atoms with Crippen LogP contribution in [0.2, 0.25) is 0 Å². The van der Waals surface area contributed by atoms with Crippen molar-refractivity contribution in [1.29, 1.82) is 0 Å². The molecule has 2 unspecified atom stereocenters. The van der Waals surface area contributed by atoms with Crippen LogP contribution in [0.25, 0.3) is 5.57 Å². The first-order chi connectivity index (χ1) is 15.3. The molecule has 1 fully saturated rings. The molecule has 32 heavy (non-hydrogen) atoms. The van der Waals surface area contributed by atoms with E-state index in [1.54, 1.807) is 0 Å². The molecule has 0 radical (unpaired) electrons. The molecule has 1 saturated heterocycles. The van der Waals surface area contributed by atoms with E-state index in [0.717, 1.165) is 5.56 Å². The van der Waals surface area contributed by atoms with E-state index in [4.69, 9.17) is 4.74 Å². The number of non-ortho nitro benzene ring substituents is 1. The van der Waals surface area contributed by atoms with Crippen molar-refractivity contribution in [2.24, 2.45) is 0 Å². The second-order valence-electron chi connectivity index (χ2n) is 8.19. The number of imide groups is 1. The highest BCUT2D eigenvalue weighted by Gasteiger charge is 2.42.